The van der Waals surface area contributed by atoms with E-state index in [1.54, 1.807) is 12.3 Å². The average Bonchev–Trinajstić information content (AvgIpc) is 2.91. The lowest BCUT2D eigenvalue weighted by Gasteiger charge is -2.14. The molecule has 0 spiro atoms. The SMILES string of the molecule is CC[C@H](C)c1nc2ccc(Br)cc2c(=O)n1N=Cc1ccc(OCc2cccc3ccccc23)cc1. The van der Waals surface area contributed by atoms with E-state index in [-0.39, 0.29) is 11.5 Å². The standard InChI is InChI=1S/C30H26BrN3O2/c1-3-20(2)29-33-28-16-13-24(31)17-27(28)30(35)34(29)32-18-21-11-14-25(15-12-21)36-19-23-9-6-8-22-7-4-5-10-26(22)23/h4-18,20H,3,19H2,1-2H3/t20-/m0/s1. The lowest BCUT2D eigenvalue weighted by Crippen LogP contribution is -2.23. The number of benzene rings is 4. The summed E-state index contributed by atoms with van der Waals surface area (Å²) in [6, 6.07) is 27.8. The van der Waals surface area contributed by atoms with Gasteiger partial charge in [-0.25, -0.2) is 4.98 Å². The molecule has 5 nitrogen and oxygen atoms in total. The summed E-state index contributed by atoms with van der Waals surface area (Å²) in [6.07, 6.45) is 2.54. The number of halogens is 1. The summed E-state index contributed by atoms with van der Waals surface area (Å²) in [6.45, 7) is 4.62. The maximum absolute atomic E-state index is 13.3. The van der Waals surface area contributed by atoms with Crippen LogP contribution in [0.1, 0.15) is 43.1 Å². The molecule has 0 N–H and O–H groups in total. The lowest BCUT2D eigenvalue weighted by atomic mass is 10.1. The number of fused-ring (bicyclic) bond motifs is 2. The molecule has 0 saturated heterocycles. The molecule has 6 heteroatoms. The molecule has 180 valence electrons. The van der Waals surface area contributed by atoms with E-state index in [0.717, 1.165) is 27.8 Å². The minimum Gasteiger partial charge on any atom is -0.489 e. The van der Waals surface area contributed by atoms with E-state index in [2.05, 4.69) is 65.2 Å². The first-order valence-corrected chi connectivity index (χ1v) is 12.8. The molecule has 0 saturated carbocycles. The van der Waals surface area contributed by atoms with Gasteiger partial charge in [0.1, 0.15) is 18.2 Å². The van der Waals surface area contributed by atoms with E-state index in [4.69, 9.17) is 9.72 Å². The van der Waals surface area contributed by atoms with E-state index in [1.165, 1.54) is 15.4 Å². The van der Waals surface area contributed by atoms with Crippen LogP contribution in [0.2, 0.25) is 0 Å². The van der Waals surface area contributed by atoms with Gasteiger partial charge in [0.15, 0.2) is 0 Å². The van der Waals surface area contributed by atoms with Crippen LogP contribution in [-0.2, 0) is 6.61 Å². The summed E-state index contributed by atoms with van der Waals surface area (Å²) in [5.74, 6) is 1.52. The number of hydrogen-bond donors (Lipinski definition) is 0. The Morgan fingerprint density at radius 1 is 1.00 bits per heavy atom. The van der Waals surface area contributed by atoms with Gasteiger partial charge in [-0.3, -0.25) is 4.79 Å². The fourth-order valence-corrected chi connectivity index (χ4v) is 4.49. The molecular weight excluding hydrogens is 514 g/mol. The van der Waals surface area contributed by atoms with Gasteiger partial charge in [-0.1, -0.05) is 72.2 Å². The highest BCUT2D eigenvalue weighted by Gasteiger charge is 2.15. The summed E-state index contributed by atoms with van der Waals surface area (Å²) < 4.78 is 8.31. The quantitative estimate of drug-likeness (QED) is 0.204. The van der Waals surface area contributed by atoms with Crippen LogP contribution in [0.4, 0.5) is 0 Å². The second-order valence-corrected chi connectivity index (χ2v) is 9.71. The largest absolute Gasteiger partial charge is 0.489 e. The maximum atomic E-state index is 13.3. The van der Waals surface area contributed by atoms with Crippen molar-refractivity contribution in [3.05, 3.63) is 117 Å². The van der Waals surface area contributed by atoms with Crippen molar-refractivity contribution in [2.24, 2.45) is 5.10 Å². The van der Waals surface area contributed by atoms with Gasteiger partial charge in [-0.05, 0) is 70.8 Å². The molecule has 0 aliphatic heterocycles. The Hall–Kier alpha value is -3.77. The Bertz CT molecular complexity index is 1620. The number of rotatable bonds is 7. The van der Waals surface area contributed by atoms with E-state index >= 15 is 0 Å². The van der Waals surface area contributed by atoms with Crippen LogP contribution >= 0.6 is 15.9 Å². The van der Waals surface area contributed by atoms with Crippen LogP contribution in [0.25, 0.3) is 21.7 Å². The van der Waals surface area contributed by atoms with Crippen LogP contribution in [-0.4, -0.2) is 15.9 Å². The van der Waals surface area contributed by atoms with Gasteiger partial charge >= 0.3 is 0 Å². The fraction of sp³-hybridized carbons (Fsp3) is 0.167. The molecule has 0 radical (unpaired) electrons. The molecule has 0 aliphatic rings. The van der Waals surface area contributed by atoms with E-state index in [0.29, 0.717) is 23.3 Å². The summed E-state index contributed by atoms with van der Waals surface area (Å²) >= 11 is 3.45. The molecule has 1 heterocycles. The number of nitrogens with zero attached hydrogens (tertiary/aromatic N) is 3. The average molecular weight is 540 g/mol. The van der Waals surface area contributed by atoms with Crippen molar-refractivity contribution < 1.29 is 4.74 Å². The molecule has 0 unspecified atom stereocenters. The summed E-state index contributed by atoms with van der Waals surface area (Å²) in [4.78, 5) is 18.0. The van der Waals surface area contributed by atoms with Crippen LogP contribution in [0.5, 0.6) is 5.75 Å². The van der Waals surface area contributed by atoms with E-state index < -0.39 is 0 Å². The minimum atomic E-state index is -0.178. The molecule has 1 aromatic heterocycles. The van der Waals surface area contributed by atoms with Crippen LogP contribution in [0, 0.1) is 0 Å². The van der Waals surface area contributed by atoms with Crippen LogP contribution < -0.4 is 10.3 Å². The third-order valence-corrected chi connectivity index (χ3v) is 6.86. The Morgan fingerprint density at radius 3 is 2.58 bits per heavy atom. The van der Waals surface area contributed by atoms with Crippen LogP contribution in [0.15, 0.2) is 99.3 Å². The normalized spacial score (nSPS) is 12.4. The molecule has 5 aromatic rings. The highest BCUT2D eigenvalue weighted by Crippen LogP contribution is 2.22. The van der Waals surface area contributed by atoms with Crippen molar-refractivity contribution in [2.45, 2.75) is 32.8 Å². The van der Waals surface area contributed by atoms with Gasteiger partial charge in [-0.2, -0.15) is 9.78 Å². The van der Waals surface area contributed by atoms with Gasteiger partial charge in [0.25, 0.3) is 5.56 Å². The highest BCUT2D eigenvalue weighted by atomic mass is 79.9. The molecule has 0 amide bonds. The van der Waals surface area contributed by atoms with E-state index in [1.807, 2.05) is 48.5 Å². The third kappa shape index (κ3) is 4.95. The first-order valence-electron chi connectivity index (χ1n) is 12.0. The van der Waals surface area contributed by atoms with E-state index in [9.17, 15) is 4.79 Å². The summed E-state index contributed by atoms with van der Waals surface area (Å²) in [5.41, 5.74) is 2.51. The molecule has 0 aliphatic carbocycles. The predicted molar refractivity (Wildman–Crippen MR) is 150 cm³/mol. The molecule has 1 atom stereocenters. The van der Waals surface area contributed by atoms with Crippen molar-refractivity contribution in [1.29, 1.82) is 0 Å². The summed E-state index contributed by atoms with van der Waals surface area (Å²) in [5, 5.41) is 7.47. The Morgan fingerprint density at radius 2 is 1.78 bits per heavy atom. The smallest absolute Gasteiger partial charge is 0.282 e. The Labute approximate surface area is 218 Å². The maximum Gasteiger partial charge on any atom is 0.282 e. The number of hydrogen-bond acceptors (Lipinski definition) is 4. The van der Waals surface area contributed by atoms with Gasteiger partial charge in [-0.15, -0.1) is 0 Å². The molecule has 4 aromatic carbocycles. The highest BCUT2D eigenvalue weighted by molar-refractivity contribution is 9.10. The zero-order valence-electron chi connectivity index (χ0n) is 20.2. The van der Waals surface area contributed by atoms with Crippen molar-refractivity contribution >= 4 is 43.8 Å². The monoisotopic (exact) mass is 539 g/mol. The molecule has 36 heavy (non-hydrogen) atoms. The second kappa shape index (κ2) is 10.5. The first-order chi connectivity index (χ1) is 17.5. The molecular formula is C30H26BrN3O2. The van der Waals surface area contributed by atoms with Gasteiger partial charge in [0.2, 0.25) is 0 Å². The molecule has 0 fully saturated rings. The molecule has 0 bridgehead atoms. The van der Waals surface area contributed by atoms with Gasteiger partial charge in [0.05, 0.1) is 17.1 Å². The van der Waals surface area contributed by atoms with Gasteiger partial charge in [0, 0.05) is 10.4 Å². The summed E-state index contributed by atoms with van der Waals surface area (Å²) in [7, 11) is 0. The minimum absolute atomic E-state index is 0.0905. The second-order valence-electron chi connectivity index (χ2n) is 8.80. The van der Waals surface area contributed by atoms with Crippen molar-refractivity contribution in [3.63, 3.8) is 0 Å². The van der Waals surface area contributed by atoms with Crippen LogP contribution in [0.3, 0.4) is 0 Å². The van der Waals surface area contributed by atoms with Crippen molar-refractivity contribution in [1.82, 2.24) is 9.66 Å². The Kier molecular flexibility index (Phi) is 6.96. The first kappa shape index (κ1) is 23.9. The van der Waals surface area contributed by atoms with Crippen molar-refractivity contribution in [3.8, 4) is 5.75 Å². The fourth-order valence-electron chi connectivity index (χ4n) is 4.13. The Balaban J connectivity index is 1.38. The zero-order valence-corrected chi connectivity index (χ0v) is 21.8. The predicted octanol–water partition coefficient (Wildman–Crippen LogP) is 7.29. The topological polar surface area (TPSA) is 56.5 Å². The third-order valence-electron chi connectivity index (χ3n) is 6.36. The van der Waals surface area contributed by atoms with Crippen molar-refractivity contribution in [2.75, 3.05) is 0 Å². The number of aromatic nitrogens is 2. The zero-order chi connectivity index (χ0) is 25.1. The lowest BCUT2D eigenvalue weighted by molar-refractivity contribution is 0.307. The molecule has 5 rings (SSSR count). The van der Waals surface area contributed by atoms with Gasteiger partial charge < -0.3 is 4.74 Å². The number of ether oxygens (including phenoxy) is 1.